The number of carbonyl (C=O) groups is 1. The molecule has 0 saturated heterocycles. The molecule has 86 valence electrons. The van der Waals surface area contributed by atoms with Crippen LogP contribution in [0.15, 0.2) is 36.9 Å². The van der Waals surface area contributed by atoms with Crippen LogP contribution in [0, 0.1) is 0 Å². The van der Waals surface area contributed by atoms with Gasteiger partial charge in [-0.15, -0.1) is 6.58 Å². The second kappa shape index (κ2) is 5.80. The highest BCUT2D eigenvalue weighted by atomic mass is 16.5. The molecule has 0 aromatic heterocycles. The summed E-state index contributed by atoms with van der Waals surface area (Å²) >= 11 is 0. The van der Waals surface area contributed by atoms with Gasteiger partial charge in [0.1, 0.15) is 11.5 Å². The Morgan fingerprint density at radius 2 is 2.19 bits per heavy atom. The van der Waals surface area contributed by atoms with E-state index in [4.69, 9.17) is 9.84 Å². The maximum atomic E-state index is 11.4. The van der Waals surface area contributed by atoms with Gasteiger partial charge in [0.05, 0.1) is 0 Å². The minimum absolute atomic E-state index is 0.163. The molecule has 1 amide bonds. The van der Waals surface area contributed by atoms with E-state index in [0.29, 0.717) is 12.3 Å². The monoisotopic (exact) mass is 221 g/mol. The van der Waals surface area contributed by atoms with E-state index in [9.17, 15) is 4.79 Å². The van der Waals surface area contributed by atoms with Crippen molar-refractivity contribution >= 4 is 5.91 Å². The van der Waals surface area contributed by atoms with Gasteiger partial charge in [-0.1, -0.05) is 6.08 Å². The first-order valence-electron chi connectivity index (χ1n) is 4.97. The highest BCUT2D eigenvalue weighted by Crippen LogP contribution is 2.17. The van der Waals surface area contributed by atoms with Gasteiger partial charge in [-0.2, -0.15) is 0 Å². The number of benzene rings is 1. The first-order chi connectivity index (χ1) is 7.63. The molecule has 1 atom stereocenters. The zero-order valence-electron chi connectivity index (χ0n) is 9.14. The van der Waals surface area contributed by atoms with Crippen LogP contribution in [0.5, 0.6) is 11.5 Å². The number of ether oxygens (including phenoxy) is 1. The summed E-state index contributed by atoms with van der Waals surface area (Å²) in [6.45, 7) is 5.58. The van der Waals surface area contributed by atoms with Crippen molar-refractivity contribution in [3.8, 4) is 11.5 Å². The quantitative estimate of drug-likeness (QED) is 0.740. The summed E-state index contributed by atoms with van der Waals surface area (Å²) in [7, 11) is 0. The summed E-state index contributed by atoms with van der Waals surface area (Å²) in [5, 5.41) is 11.7. The largest absolute Gasteiger partial charge is 0.508 e. The van der Waals surface area contributed by atoms with Crippen molar-refractivity contribution in [2.75, 3.05) is 6.54 Å². The molecule has 0 spiro atoms. The van der Waals surface area contributed by atoms with Crippen molar-refractivity contribution in [1.29, 1.82) is 0 Å². The Kier molecular flexibility index (Phi) is 4.39. The third kappa shape index (κ3) is 3.65. The lowest BCUT2D eigenvalue weighted by atomic mass is 10.3. The Labute approximate surface area is 94.6 Å². The molecule has 4 heteroatoms. The number of hydrogen-bond donors (Lipinski definition) is 2. The molecular weight excluding hydrogens is 206 g/mol. The molecular formula is C12H15NO3. The van der Waals surface area contributed by atoms with Gasteiger partial charge in [0.15, 0.2) is 6.10 Å². The van der Waals surface area contributed by atoms with E-state index < -0.39 is 6.10 Å². The van der Waals surface area contributed by atoms with Gasteiger partial charge in [-0.25, -0.2) is 0 Å². The van der Waals surface area contributed by atoms with E-state index >= 15 is 0 Å². The lowest BCUT2D eigenvalue weighted by Crippen LogP contribution is -2.36. The molecule has 0 bridgehead atoms. The molecule has 16 heavy (non-hydrogen) atoms. The zero-order valence-corrected chi connectivity index (χ0v) is 9.14. The molecule has 1 aromatic rings. The second-order valence-electron chi connectivity index (χ2n) is 3.29. The van der Waals surface area contributed by atoms with Crippen LogP contribution in [-0.4, -0.2) is 23.7 Å². The van der Waals surface area contributed by atoms with Crippen molar-refractivity contribution in [2.45, 2.75) is 13.0 Å². The maximum Gasteiger partial charge on any atom is 0.261 e. The van der Waals surface area contributed by atoms with E-state index in [1.54, 1.807) is 25.1 Å². The molecule has 4 nitrogen and oxygen atoms in total. The number of aromatic hydroxyl groups is 1. The Hall–Kier alpha value is -1.97. The van der Waals surface area contributed by atoms with Gasteiger partial charge in [-0.3, -0.25) is 4.79 Å². The molecule has 1 rings (SSSR count). The number of phenolic OH excluding ortho intramolecular Hbond substituents is 1. The SMILES string of the molecule is C=CCNC(=O)C(C)Oc1ccc(O)cc1. The van der Waals surface area contributed by atoms with E-state index in [2.05, 4.69) is 11.9 Å². The van der Waals surface area contributed by atoms with Gasteiger partial charge in [-0.05, 0) is 31.2 Å². The third-order valence-corrected chi connectivity index (χ3v) is 1.94. The first-order valence-corrected chi connectivity index (χ1v) is 4.97. The molecule has 0 radical (unpaired) electrons. The maximum absolute atomic E-state index is 11.4. The van der Waals surface area contributed by atoms with Crippen LogP contribution in [0.25, 0.3) is 0 Å². The summed E-state index contributed by atoms with van der Waals surface area (Å²) in [4.78, 5) is 11.4. The van der Waals surface area contributed by atoms with Crippen LogP contribution < -0.4 is 10.1 Å². The minimum atomic E-state index is -0.579. The lowest BCUT2D eigenvalue weighted by Gasteiger charge is -2.13. The van der Waals surface area contributed by atoms with Crippen molar-refractivity contribution in [2.24, 2.45) is 0 Å². The molecule has 2 N–H and O–H groups in total. The van der Waals surface area contributed by atoms with Crippen LogP contribution >= 0.6 is 0 Å². The second-order valence-corrected chi connectivity index (χ2v) is 3.29. The number of hydrogen-bond acceptors (Lipinski definition) is 3. The van der Waals surface area contributed by atoms with Gasteiger partial charge in [0.2, 0.25) is 0 Å². The zero-order chi connectivity index (χ0) is 12.0. The number of phenols is 1. The Morgan fingerprint density at radius 1 is 1.56 bits per heavy atom. The molecule has 0 aliphatic rings. The smallest absolute Gasteiger partial charge is 0.261 e. The van der Waals surface area contributed by atoms with Crippen molar-refractivity contribution in [3.05, 3.63) is 36.9 Å². The summed E-state index contributed by atoms with van der Waals surface area (Å²) in [5.41, 5.74) is 0. The van der Waals surface area contributed by atoms with Gasteiger partial charge in [0.25, 0.3) is 5.91 Å². The van der Waals surface area contributed by atoms with E-state index in [1.165, 1.54) is 12.1 Å². The summed E-state index contributed by atoms with van der Waals surface area (Å²) < 4.78 is 5.37. The number of rotatable bonds is 5. The molecule has 0 fully saturated rings. The average Bonchev–Trinajstić information content (AvgIpc) is 2.29. The van der Waals surface area contributed by atoms with E-state index in [1.807, 2.05) is 0 Å². The fraction of sp³-hybridized carbons (Fsp3) is 0.250. The van der Waals surface area contributed by atoms with Crippen molar-refractivity contribution < 1.29 is 14.6 Å². The van der Waals surface area contributed by atoms with Gasteiger partial charge in [0, 0.05) is 6.54 Å². The molecule has 1 aromatic carbocycles. The molecule has 0 aliphatic heterocycles. The number of nitrogens with one attached hydrogen (secondary N) is 1. The summed E-state index contributed by atoms with van der Waals surface area (Å²) in [6, 6.07) is 6.21. The topological polar surface area (TPSA) is 58.6 Å². The van der Waals surface area contributed by atoms with Crippen molar-refractivity contribution in [1.82, 2.24) is 5.32 Å². The number of amides is 1. The predicted molar refractivity (Wildman–Crippen MR) is 61.4 cm³/mol. The van der Waals surface area contributed by atoms with Gasteiger partial charge >= 0.3 is 0 Å². The van der Waals surface area contributed by atoms with Crippen LogP contribution in [0.3, 0.4) is 0 Å². The van der Waals surface area contributed by atoms with Crippen LogP contribution in [0.2, 0.25) is 0 Å². The predicted octanol–water partition coefficient (Wildman–Crippen LogP) is 1.46. The standard InChI is InChI=1S/C12H15NO3/c1-3-8-13-12(15)9(2)16-11-6-4-10(14)5-7-11/h3-7,9,14H,1,8H2,2H3,(H,13,15). The van der Waals surface area contributed by atoms with Crippen LogP contribution in [0.4, 0.5) is 0 Å². The molecule has 0 saturated carbocycles. The lowest BCUT2D eigenvalue weighted by molar-refractivity contribution is -0.127. The molecule has 1 unspecified atom stereocenters. The third-order valence-electron chi connectivity index (χ3n) is 1.94. The average molecular weight is 221 g/mol. The summed E-state index contributed by atoms with van der Waals surface area (Å²) in [6.07, 6.45) is 1.02. The Balaban J connectivity index is 2.50. The molecule has 0 heterocycles. The van der Waals surface area contributed by atoms with Crippen LogP contribution in [-0.2, 0) is 4.79 Å². The highest BCUT2D eigenvalue weighted by Gasteiger charge is 2.13. The minimum Gasteiger partial charge on any atom is -0.508 e. The first kappa shape index (κ1) is 12.1. The Morgan fingerprint density at radius 3 is 2.75 bits per heavy atom. The normalized spacial score (nSPS) is 11.6. The fourth-order valence-corrected chi connectivity index (χ4v) is 1.10. The van der Waals surface area contributed by atoms with Gasteiger partial charge < -0.3 is 15.2 Å². The van der Waals surface area contributed by atoms with E-state index in [-0.39, 0.29) is 11.7 Å². The molecule has 0 aliphatic carbocycles. The van der Waals surface area contributed by atoms with Crippen molar-refractivity contribution in [3.63, 3.8) is 0 Å². The summed E-state index contributed by atoms with van der Waals surface area (Å²) in [5.74, 6) is 0.503. The number of carbonyl (C=O) groups excluding carboxylic acids is 1. The van der Waals surface area contributed by atoms with E-state index in [0.717, 1.165) is 0 Å². The highest BCUT2D eigenvalue weighted by molar-refractivity contribution is 5.80. The fourth-order valence-electron chi connectivity index (χ4n) is 1.10. The Bertz CT molecular complexity index is 359. The van der Waals surface area contributed by atoms with Crippen LogP contribution in [0.1, 0.15) is 6.92 Å².